The summed E-state index contributed by atoms with van der Waals surface area (Å²) in [6.07, 6.45) is 6.20. The predicted octanol–water partition coefficient (Wildman–Crippen LogP) is 4.40. The summed E-state index contributed by atoms with van der Waals surface area (Å²) in [7, 11) is 0. The van der Waals surface area contributed by atoms with Crippen molar-refractivity contribution in [1.82, 2.24) is 9.55 Å². The molecule has 3 aromatic rings. The zero-order chi connectivity index (χ0) is 16.4. The maximum atomic E-state index is 12.3. The highest BCUT2D eigenvalue weighted by atomic mass is 16.1. The molecule has 118 valence electrons. The number of amides is 1. The van der Waals surface area contributed by atoms with Crippen molar-refractivity contribution >= 4 is 22.5 Å². The van der Waals surface area contributed by atoms with Crippen LogP contribution in [0.5, 0.6) is 0 Å². The van der Waals surface area contributed by atoms with Crippen LogP contribution in [0.4, 0.5) is 5.69 Å². The molecule has 0 radical (unpaired) electrons. The first-order valence-corrected chi connectivity index (χ1v) is 7.75. The van der Waals surface area contributed by atoms with E-state index in [1.165, 1.54) is 0 Å². The highest BCUT2D eigenvalue weighted by Gasteiger charge is 2.18. The largest absolute Gasteiger partial charge is 0.324 e. The van der Waals surface area contributed by atoms with Crippen LogP contribution in [0.2, 0.25) is 0 Å². The molecule has 1 aromatic carbocycles. The first-order valence-electron chi connectivity index (χ1n) is 7.75. The van der Waals surface area contributed by atoms with Crippen molar-refractivity contribution in [3.63, 3.8) is 0 Å². The molecule has 3 rings (SSSR count). The van der Waals surface area contributed by atoms with Crippen LogP contribution in [0.1, 0.15) is 27.2 Å². The van der Waals surface area contributed by atoms with Crippen LogP contribution in [-0.4, -0.2) is 15.5 Å². The summed E-state index contributed by atoms with van der Waals surface area (Å²) in [6.45, 7) is 6.18. The highest BCUT2D eigenvalue weighted by molar-refractivity contribution is 6.00. The number of aromatic nitrogens is 2. The number of hydrogen-bond acceptors (Lipinski definition) is 2. The molecule has 0 saturated carbocycles. The third kappa shape index (κ3) is 3.42. The summed E-state index contributed by atoms with van der Waals surface area (Å²) in [5.74, 6) is 0.0224. The fraction of sp³-hybridized carbons (Fsp3) is 0.263. The summed E-state index contributed by atoms with van der Waals surface area (Å²) in [5.41, 5.74) is 2.61. The number of fused-ring (bicyclic) bond motifs is 1. The Morgan fingerprint density at radius 2 is 1.87 bits per heavy atom. The van der Waals surface area contributed by atoms with Gasteiger partial charge in [-0.05, 0) is 41.8 Å². The summed E-state index contributed by atoms with van der Waals surface area (Å²) in [5, 5.41) is 4.07. The van der Waals surface area contributed by atoms with E-state index >= 15 is 0 Å². The topological polar surface area (TPSA) is 46.9 Å². The molecule has 1 N–H and O–H groups in total. The fourth-order valence-corrected chi connectivity index (χ4v) is 2.68. The Bertz CT molecular complexity index is 829. The number of rotatable bonds is 3. The fourth-order valence-electron chi connectivity index (χ4n) is 2.68. The Balaban J connectivity index is 2.07. The lowest BCUT2D eigenvalue weighted by atomic mass is 9.92. The van der Waals surface area contributed by atoms with Gasteiger partial charge in [-0.25, -0.2) is 0 Å². The van der Waals surface area contributed by atoms with Crippen molar-refractivity contribution in [3.8, 4) is 5.69 Å². The second kappa shape index (κ2) is 5.88. The number of pyridine rings is 1. The average molecular weight is 307 g/mol. The molecule has 0 aliphatic heterocycles. The van der Waals surface area contributed by atoms with Crippen molar-refractivity contribution in [3.05, 3.63) is 55.0 Å². The minimum atomic E-state index is -0.0455. The number of carbonyl (C=O) groups is 1. The molecule has 0 unspecified atom stereocenters. The summed E-state index contributed by atoms with van der Waals surface area (Å²) in [4.78, 5) is 16.8. The normalized spacial score (nSPS) is 11.6. The lowest BCUT2D eigenvalue weighted by Crippen LogP contribution is -2.20. The van der Waals surface area contributed by atoms with E-state index in [1.807, 2.05) is 53.4 Å². The molecule has 23 heavy (non-hydrogen) atoms. The summed E-state index contributed by atoms with van der Waals surface area (Å²) >= 11 is 0. The van der Waals surface area contributed by atoms with Crippen molar-refractivity contribution in [1.29, 1.82) is 0 Å². The molecular formula is C19H21N3O. The highest BCUT2D eigenvalue weighted by Crippen LogP contribution is 2.30. The molecule has 4 nitrogen and oxygen atoms in total. The molecule has 0 aliphatic carbocycles. The van der Waals surface area contributed by atoms with Crippen LogP contribution in [0.3, 0.4) is 0 Å². The van der Waals surface area contributed by atoms with Gasteiger partial charge in [0.1, 0.15) is 0 Å². The lowest BCUT2D eigenvalue weighted by Gasteiger charge is -2.19. The van der Waals surface area contributed by atoms with Crippen LogP contribution in [-0.2, 0) is 4.79 Å². The van der Waals surface area contributed by atoms with E-state index in [1.54, 1.807) is 6.20 Å². The van der Waals surface area contributed by atoms with Crippen molar-refractivity contribution in [2.24, 2.45) is 5.41 Å². The third-order valence-electron chi connectivity index (χ3n) is 3.58. The summed E-state index contributed by atoms with van der Waals surface area (Å²) in [6, 6.07) is 11.7. The second-order valence-corrected chi connectivity index (χ2v) is 6.91. The molecule has 4 heteroatoms. The quantitative estimate of drug-likeness (QED) is 0.779. The van der Waals surface area contributed by atoms with Crippen LogP contribution < -0.4 is 5.32 Å². The van der Waals surface area contributed by atoms with Crippen LogP contribution in [0.15, 0.2) is 55.0 Å². The minimum absolute atomic E-state index is 0.0224. The van der Waals surface area contributed by atoms with Gasteiger partial charge in [0.15, 0.2) is 0 Å². The lowest BCUT2D eigenvalue weighted by molar-refractivity contribution is -0.117. The zero-order valence-corrected chi connectivity index (χ0v) is 13.7. The van der Waals surface area contributed by atoms with Gasteiger partial charge >= 0.3 is 0 Å². The Labute approximate surface area is 136 Å². The van der Waals surface area contributed by atoms with Gasteiger partial charge in [0.25, 0.3) is 0 Å². The van der Waals surface area contributed by atoms with Gasteiger partial charge in [-0.15, -0.1) is 0 Å². The first-order chi connectivity index (χ1) is 10.9. The Kier molecular flexibility index (Phi) is 3.90. The average Bonchev–Trinajstić information content (AvgIpc) is 2.98. The Morgan fingerprint density at radius 1 is 1.13 bits per heavy atom. The van der Waals surface area contributed by atoms with E-state index in [9.17, 15) is 4.79 Å². The molecule has 0 aliphatic rings. The SMILES string of the molecule is CC(C)(C)CC(=O)Nc1ccc2ncccc2c1-n1cccc1. The molecule has 2 aromatic heterocycles. The van der Waals surface area contributed by atoms with Gasteiger partial charge in [-0.3, -0.25) is 9.78 Å². The summed E-state index contributed by atoms with van der Waals surface area (Å²) < 4.78 is 2.01. The Morgan fingerprint density at radius 3 is 2.57 bits per heavy atom. The molecule has 0 bridgehead atoms. The predicted molar refractivity (Wildman–Crippen MR) is 93.8 cm³/mol. The van der Waals surface area contributed by atoms with Gasteiger partial charge in [0.05, 0.1) is 16.9 Å². The standard InChI is InChI=1S/C19H21N3O/c1-19(2,3)13-17(23)21-16-9-8-15-14(7-6-10-20-15)18(16)22-11-4-5-12-22/h4-12H,13H2,1-3H3,(H,21,23). The van der Waals surface area contributed by atoms with Crippen molar-refractivity contribution in [2.45, 2.75) is 27.2 Å². The van der Waals surface area contributed by atoms with E-state index in [0.717, 1.165) is 22.3 Å². The monoisotopic (exact) mass is 307 g/mol. The smallest absolute Gasteiger partial charge is 0.224 e. The molecule has 0 atom stereocenters. The molecule has 0 fully saturated rings. The van der Waals surface area contributed by atoms with Crippen LogP contribution >= 0.6 is 0 Å². The Hall–Kier alpha value is -2.62. The van der Waals surface area contributed by atoms with E-state index in [0.29, 0.717) is 6.42 Å². The van der Waals surface area contributed by atoms with Crippen LogP contribution in [0.25, 0.3) is 16.6 Å². The molecule has 0 saturated heterocycles. The van der Waals surface area contributed by atoms with Crippen molar-refractivity contribution < 1.29 is 4.79 Å². The van der Waals surface area contributed by atoms with Crippen molar-refractivity contribution in [2.75, 3.05) is 5.32 Å². The molecule has 0 spiro atoms. The first kappa shape index (κ1) is 15.3. The number of anilines is 1. The van der Waals surface area contributed by atoms with Gasteiger partial charge in [-0.1, -0.05) is 20.8 Å². The van der Waals surface area contributed by atoms with Gasteiger partial charge in [-0.2, -0.15) is 0 Å². The number of hydrogen-bond donors (Lipinski definition) is 1. The maximum Gasteiger partial charge on any atom is 0.224 e. The molecule has 2 heterocycles. The van der Waals surface area contributed by atoms with E-state index < -0.39 is 0 Å². The second-order valence-electron chi connectivity index (χ2n) is 6.91. The van der Waals surface area contributed by atoms with Gasteiger partial charge in [0, 0.05) is 30.4 Å². The molecule has 1 amide bonds. The molecular weight excluding hydrogens is 286 g/mol. The van der Waals surface area contributed by atoms with E-state index in [4.69, 9.17) is 0 Å². The van der Waals surface area contributed by atoms with Gasteiger partial charge < -0.3 is 9.88 Å². The minimum Gasteiger partial charge on any atom is -0.324 e. The number of nitrogens with one attached hydrogen (secondary N) is 1. The van der Waals surface area contributed by atoms with E-state index in [2.05, 4.69) is 31.1 Å². The number of benzene rings is 1. The van der Waals surface area contributed by atoms with E-state index in [-0.39, 0.29) is 11.3 Å². The zero-order valence-electron chi connectivity index (χ0n) is 13.7. The van der Waals surface area contributed by atoms with Gasteiger partial charge in [0.2, 0.25) is 5.91 Å². The maximum absolute atomic E-state index is 12.3. The number of nitrogens with zero attached hydrogens (tertiary/aromatic N) is 2. The number of carbonyl (C=O) groups excluding carboxylic acids is 1. The van der Waals surface area contributed by atoms with Crippen LogP contribution in [0, 0.1) is 5.41 Å². The third-order valence-corrected chi connectivity index (χ3v) is 3.58.